The molecule has 1 aliphatic heterocycles. The number of para-hydroxylation sites is 1. The van der Waals surface area contributed by atoms with E-state index in [-0.39, 0.29) is 12.5 Å². The molecule has 1 aromatic carbocycles. The van der Waals surface area contributed by atoms with E-state index in [1.54, 1.807) is 12.1 Å². The lowest BCUT2D eigenvalue weighted by Crippen LogP contribution is -2.47. The molecule has 0 aliphatic carbocycles. The maximum atomic E-state index is 12.0. The van der Waals surface area contributed by atoms with Crippen molar-refractivity contribution < 1.29 is 14.6 Å². The molecular weight excluding hydrogens is 292 g/mol. The van der Waals surface area contributed by atoms with E-state index in [0.29, 0.717) is 43.3 Å². The number of ether oxygens (including phenoxy) is 1. The summed E-state index contributed by atoms with van der Waals surface area (Å²) in [5, 5.41) is 13.7. The van der Waals surface area contributed by atoms with E-state index in [9.17, 15) is 9.90 Å². The van der Waals surface area contributed by atoms with Gasteiger partial charge in [-0.15, -0.1) is 0 Å². The largest absolute Gasteiger partial charge is 0.388 e. The lowest BCUT2D eigenvalue weighted by molar-refractivity contribution is -0.118. The van der Waals surface area contributed by atoms with Crippen molar-refractivity contribution in [3.63, 3.8) is 0 Å². The van der Waals surface area contributed by atoms with E-state index in [1.165, 1.54) is 0 Å². The van der Waals surface area contributed by atoms with Crippen molar-refractivity contribution in [2.45, 2.75) is 18.4 Å². The minimum absolute atomic E-state index is 0.152. The van der Waals surface area contributed by atoms with Gasteiger partial charge < -0.3 is 15.2 Å². The monoisotopic (exact) mass is 312 g/mol. The number of aliphatic hydroxyl groups is 1. The summed E-state index contributed by atoms with van der Waals surface area (Å²) in [6.45, 7) is 1.78. The molecule has 1 saturated heterocycles. The molecule has 1 fully saturated rings. The van der Waals surface area contributed by atoms with Crippen LogP contribution in [0.5, 0.6) is 0 Å². The molecule has 1 amide bonds. The van der Waals surface area contributed by atoms with Crippen LogP contribution < -0.4 is 5.32 Å². The van der Waals surface area contributed by atoms with Crippen molar-refractivity contribution in [2.24, 2.45) is 0 Å². The number of anilines is 1. The van der Waals surface area contributed by atoms with E-state index in [0.717, 1.165) is 0 Å². The Morgan fingerprint density at radius 1 is 1.43 bits per heavy atom. The summed E-state index contributed by atoms with van der Waals surface area (Å²) in [4.78, 5) is 13.8. The van der Waals surface area contributed by atoms with Crippen LogP contribution >= 0.6 is 11.6 Å². The van der Waals surface area contributed by atoms with E-state index in [1.807, 2.05) is 24.1 Å². The summed E-state index contributed by atoms with van der Waals surface area (Å²) >= 11 is 6.00. The van der Waals surface area contributed by atoms with E-state index < -0.39 is 5.60 Å². The van der Waals surface area contributed by atoms with Crippen LogP contribution in [-0.2, 0) is 9.53 Å². The third-order valence-corrected chi connectivity index (χ3v) is 3.88. The molecule has 1 aliphatic rings. The Kier molecular flexibility index (Phi) is 5.58. The summed E-state index contributed by atoms with van der Waals surface area (Å²) in [5.41, 5.74) is -0.167. The van der Waals surface area contributed by atoms with Crippen molar-refractivity contribution in [1.82, 2.24) is 4.90 Å². The number of nitrogens with one attached hydrogen (secondary N) is 1. The van der Waals surface area contributed by atoms with Crippen LogP contribution in [0, 0.1) is 0 Å². The molecule has 2 N–H and O–H groups in total. The fraction of sp³-hybridized carbons (Fsp3) is 0.533. The van der Waals surface area contributed by atoms with Gasteiger partial charge in [-0.25, -0.2) is 0 Å². The van der Waals surface area contributed by atoms with Gasteiger partial charge in [0.05, 0.1) is 22.9 Å². The zero-order chi connectivity index (χ0) is 15.3. The Morgan fingerprint density at radius 3 is 2.76 bits per heavy atom. The van der Waals surface area contributed by atoms with Crippen LogP contribution in [0.1, 0.15) is 12.8 Å². The lowest BCUT2D eigenvalue weighted by Gasteiger charge is -2.35. The molecule has 1 aromatic rings. The predicted octanol–water partition coefficient (Wildman–Crippen LogP) is 1.75. The first kappa shape index (κ1) is 16.2. The van der Waals surface area contributed by atoms with Crippen LogP contribution in [0.25, 0.3) is 0 Å². The van der Waals surface area contributed by atoms with Crippen molar-refractivity contribution in [1.29, 1.82) is 0 Å². The maximum absolute atomic E-state index is 12.0. The SMILES string of the molecule is CN(CC(=O)Nc1ccccc1Cl)CC1(O)CCOCC1. The number of hydrogen-bond donors (Lipinski definition) is 2. The summed E-state index contributed by atoms with van der Waals surface area (Å²) in [6, 6.07) is 7.11. The Morgan fingerprint density at radius 2 is 2.10 bits per heavy atom. The Balaban J connectivity index is 1.83. The highest BCUT2D eigenvalue weighted by Gasteiger charge is 2.31. The topological polar surface area (TPSA) is 61.8 Å². The molecular formula is C15H21ClN2O3. The number of rotatable bonds is 5. The minimum Gasteiger partial charge on any atom is -0.388 e. The first-order valence-corrected chi connectivity index (χ1v) is 7.39. The maximum Gasteiger partial charge on any atom is 0.238 e. The molecule has 0 atom stereocenters. The molecule has 0 aromatic heterocycles. The number of carbonyl (C=O) groups is 1. The average molecular weight is 313 g/mol. The zero-order valence-electron chi connectivity index (χ0n) is 12.1. The highest BCUT2D eigenvalue weighted by molar-refractivity contribution is 6.33. The molecule has 6 heteroatoms. The Hall–Kier alpha value is -1.14. The van der Waals surface area contributed by atoms with E-state index >= 15 is 0 Å². The smallest absolute Gasteiger partial charge is 0.238 e. The van der Waals surface area contributed by atoms with Gasteiger partial charge >= 0.3 is 0 Å². The Labute approximate surface area is 129 Å². The quantitative estimate of drug-likeness (QED) is 0.869. The summed E-state index contributed by atoms with van der Waals surface area (Å²) in [5.74, 6) is -0.152. The lowest BCUT2D eigenvalue weighted by atomic mass is 9.94. The van der Waals surface area contributed by atoms with Gasteiger partial charge in [0.2, 0.25) is 5.91 Å². The first-order valence-electron chi connectivity index (χ1n) is 7.02. The van der Waals surface area contributed by atoms with Gasteiger partial charge in [-0.2, -0.15) is 0 Å². The van der Waals surface area contributed by atoms with Gasteiger partial charge in [0.15, 0.2) is 0 Å². The number of benzene rings is 1. The molecule has 21 heavy (non-hydrogen) atoms. The normalized spacial score (nSPS) is 17.7. The molecule has 2 rings (SSSR count). The summed E-state index contributed by atoms with van der Waals surface area (Å²) in [6.07, 6.45) is 1.20. The second-order valence-corrected chi connectivity index (χ2v) is 5.94. The second kappa shape index (κ2) is 7.22. The highest BCUT2D eigenvalue weighted by atomic mass is 35.5. The van der Waals surface area contributed by atoms with E-state index in [4.69, 9.17) is 16.3 Å². The number of amides is 1. The van der Waals surface area contributed by atoms with Crippen molar-refractivity contribution >= 4 is 23.2 Å². The van der Waals surface area contributed by atoms with Crippen molar-refractivity contribution in [3.05, 3.63) is 29.3 Å². The molecule has 0 unspecified atom stereocenters. The van der Waals surface area contributed by atoms with Crippen molar-refractivity contribution in [3.8, 4) is 0 Å². The highest BCUT2D eigenvalue weighted by Crippen LogP contribution is 2.22. The zero-order valence-corrected chi connectivity index (χ0v) is 12.9. The van der Waals surface area contributed by atoms with Gasteiger partial charge in [-0.1, -0.05) is 23.7 Å². The Bertz CT molecular complexity index is 490. The molecule has 1 heterocycles. The third-order valence-electron chi connectivity index (χ3n) is 3.55. The average Bonchev–Trinajstić information content (AvgIpc) is 2.41. The number of nitrogens with zero attached hydrogens (tertiary/aromatic N) is 1. The van der Waals surface area contributed by atoms with Crippen molar-refractivity contribution in [2.75, 3.05) is 38.7 Å². The minimum atomic E-state index is -0.766. The van der Waals surface area contributed by atoms with Gasteiger partial charge in [0.1, 0.15) is 0 Å². The van der Waals surface area contributed by atoms with Gasteiger partial charge in [0.25, 0.3) is 0 Å². The molecule has 0 spiro atoms. The predicted molar refractivity (Wildman–Crippen MR) is 82.6 cm³/mol. The van der Waals surface area contributed by atoms with Crippen LogP contribution in [-0.4, -0.2) is 54.9 Å². The van der Waals surface area contributed by atoms with Crippen LogP contribution in [0.3, 0.4) is 0 Å². The summed E-state index contributed by atoms with van der Waals surface area (Å²) < 4.78 is 5.25. The number of halogens is 1. The molecule has 5 nitrogen and oxygen atoms in total. The fourth-order valence-electron chi connectivity index (χ4n) is 2.47. The number of hydrogen-bond acceptors (Lipinski definition) is 4. The van der Waals surface area contributed by atoms with Gasteiger partial charge in [-0.3, -0.25) is 9.69 Å². The molecule has 0 radical (unpaired) electrons. The second-order valence-electron chi connectivity index (χ2n) is 5.54. The van der Waals surface area contributed by atoms with E-state index in [2.05, 4.69) is 5.32 Å². The summed E-state index contributed by atoms with van der Waals surface area (Å²) in [7, 11) is 1.82. The standard InChI is InChI=1S/C15H21ClN2O3/c1-18(11-15(20)6-8-21-9-7-15)10-14(19)17-13-5-3-2-4-12(13)16/h2-5,20H,6-11H2,1H3,(H,17,19). The molecule has 0 saturated carbocycles. The molecule has 0 bridgehead atoms. The van der Waals surface area contributed by atoms with Crippen LogP contribution in [0.4, 0.5) is 5.69 Å². The molecule has 116 valence electrons. The van der Waals surface area contributed by atoms with Gasteiger partial charge in [-0.05, 0) is 19.2 Å². The first-order chi connectivity index (χ1) is 9.98. The number of carbonyl (C=O) groups excluding carboxylic acids is 1. The van der Waals surface area contributed by atoms with Gasteiger partial charge in [0, 0.05) is 32.6 Å². The third kappa shape index (κ3) is 4.97. The van der Waals surface area contributed by atoms with Crippen LogP contribution in [0.15, 0.2) is 24.3 Å². The van der Waals surface area contributed by atoms with Crippen LogP contribution in [0.2, 0.25) is 5.02 Å². The fourth-order valence-corrected chi connectivity index (χ4v) is 2.65. The number of likely N-dealkylation sites (N-methyl/N-ethyl adjacent to an activating group) is 1.